The molecule has 0 aliphatic rings. The lowest BCUT2D eigenvalue weighted by Gasteiger charge is -2.10. The van der Waals surface area contributed by atoms with Crippen LogP contribution in [0.5, 0.6) is 0 Å². The van der Waals surface area contributed by atoms with Gasteiger partial charge in [-0.15, -0.1) is 11.8 Å². The Kier molecular flexibility index (Phi) is 7.34. The molecule has 2 aromatic carbocycles. The van der Waals surface area contributed by atoms with E-state index < -0.39 is 5.97 Å². The number of esters is 1. The molecular weight excluding hydrogens is 358 g/mol. The molecule has 1 amide bonds. The summed E-state index contributed by atoms with van der Waals surface area (Å²) in [6.45, 7) is 3.61. The fourth-order valence-corrected chi connectivity index (χ4v) is 3.23. The lowest BCUT2D eigenvalue weighted by atomic mass is 10.1. The van der Waals surface area contributed by atoms with Crippen LogP contribution in [-0.2, 0) is 20.1 Å². The molecule has 0 saturated heterocycles. The summed E-state index contributed by atoms with van der Waals surface area (Å²) in [5, 5.41) is 3.43. The van der Waals surface area contributed by atoms with E-state index in [1.807, 2.05) is 56.3 Å². The highest BCUT2D eigenvalue weighted by Gasteiger charge is 2.10. The minimum Gasteiger partial charge on any atom is -0.455 e. The molecule has 0 atom stereocenters. The molecule has 0 aromatic heterocycles. The summed E-state index contributed by atoms with van der Waals surface area (Å²) >= 11 is 7.46. The van der Waals surface area contributed by atoms with Gasteiger partial charge in [-0.2, -0.15) is 0 Å². The molecule has 0 unspecified atom stereocenters. The fourth-order valence-electron chi connectivity index (χ4n) is 2.12. The first-order valence-electron chi connectivity index (χ1n) is 7.80. The van der Waals surface area contributed by atoms with Crippen LogP contribution in [-0.4, -0.2) is 24.2 Å². The first-order chi connectivity index (χ1) is 12.0. The summed E-state index contributed by atoms with van der Waals surface area (Å²) in [6.07, 6.45) is 0. The Morgan fingerprint density at radius 3 is 2.64 bits per heavy atom. The second-order valence-electron chi connectivity index (χ2n) is 5.54. The zero-order valence-electron chi connectivity index (χ0n) is 14.2. The van der Waals surface area contributed by atoms with Crippen molar-refractivity contribution in [3.63, 3.8) is 0 Å². The molecule has 0 aliphatic heterocycles. The van der Waals surface area contributed by atoms with Gasteiger partial charge in [0, 0.05) is 16.5 Å². The second kappa shape index (κ2) is 9.49. The van der Waals surface area contributed by atoms with Crippen molar-refractivity contribution < 1.29 is 14.3 Å². The minimum absolute atomic E-state index is 0.169. The molecule has 132 valence electrons. The van der Waals surface area contributed by atoms with Crippen molar-refractivity contribution in [2.75, 3.05) is 17.7 Å². The number of amides is 1. The van der Waals surface area contributed by atoms with E-state index in [2.05, 4.69) is 5.32 Å². The van der Waals surface area contributed by atoms with Crippen LogP contribution in [0.2, 0.25) is 5.02 Å². The quantitative estimate of drug-likeness (QED) is 0.728. The topological polar surface area (TPSA) is 55.4 Å². The van der Waals surface area contributed by atoms with Crippen LogP contribution in [0.25, 0.3) is 0 Å². The summed E-state index contributed by atoms with van der Waals surface area (Å²) in [4.78, 5) is 23.6. The molecule has 2 aromatic rings. The lowest BCUT2D eigenvalue weighted by Crippen LogP contribution is -2.22. The summed E-state index contributed by atoms with van der Waals surface area (Å²) in [5.41, 5.74) is 3.78. The molecule has 1 N–H and O–H groups in total. The summed E-state index contributed by atoms with van der Waals surface area (Å²) in [5.74, 6) is 0.0112. The molecule has 6 heteroatoms. The van der Waals surface area contributed by atoms with Crippen LogP contribution in [0.4, 0.5) is 5.69 Å². The number of hydrogen-bond acceptors (Lipinski definition) is 4. The van der Waals surface area contributed by atoms with Crippen molar-refractivity contribution in [3.8, 4) is 0 Å². The number of carbonyl (C=O) groups excluding carboxylic acids is 2. The molecular formula is C19H20ClNO3S. The number of carbonyl (C=O) groups is 2. The number of halogens is 1. The Labute approximate surface area is 156 Å². The number of ether oxygens (including phenoxy) is 1. The highest BCUT2D eigenvalue weighted by atomic mass is 35.5. The van der Waals surface area contributed by atoms with E-state index in [1.165, 1.54) is 11.8 Å². The molecule has 4 nitrogen and oxygen atoms in total. The Balaban J connectivity index is 1.71. The van der Waals surface area contributed by atoms with Gasteiger partial charge in [-0.1, -0.05) is 41.9 Å². The van der Waals surface area contributed by atoms with E-state index in [4.69, 9.17) is 16.3 Å². The second-order valence-corrected chi connectivity index (χ2v) is 6.93. The zero-order valence-corrected chi connectivity index (χ0v) is 15.7. The maximum Gasteiger partial charge on any atom is 0.316 e. The summed E-state index contributed by atoms with van der Waals surface area (Å²) in [7, 11) is 0. The Morgan fingerprint density at radius 1 is 1.12 bits per heavy atom. The Bertz CT molecular complexity index is 764. The lowest BCUT2D eigenvalue weighted by molar-refractivity contribution is -0.144. The first-order valence-corrected chi connectivity index (χ1v) is 9.33. The van der Waals surface area contributed by atoms with Gasteiger partial charge in [0.1, 0.15) is 0 Å². The van der Waals surface area contributed by atoms with Gasteiger partial charge in [0.2, 0.25) is 0 Å². The van der Waals surface area contributed by atoms with Crippen molar-refractivity contribution in [3.05, 3.63) is 64.2 Å². The van der Waals surface area contributed by atoms with Crippen molar-refractivity contribution in [1.29, 1.82) is 0 Å². The SMILES string of the molecule is Cc1cccc(NC(=O)COC(=O)CSCc2ccccc2Cl)c1C. The molecule has 0 fully saturated rings. The zero-order chi connectivity index (χ0) is 18.2. The predicted octanol–water partition coefficient (Wildman–Crippen LogP) is 4.37. The number of hydrogen-bond donors (Lipinski definition) is 1. The molecule has 25 heavy (non-hydrogen) atoms. The van der Waals surface area contributed by atoms with E-state index >= 15 is 0 Å². The minimum atomic E-state index is -0.423. The van der Waals surface area contributed by atoms with Gasteiger partial charge in [-0.05, 0) is 42.7 Å². The van der Waals surface area contributed by atoms with Gasteiger partial charge >= 0.3 is 5.97 Å². The molecule has 0 saturated carbocycles. The van der Waals surface area contributed by atoms with Crippen LogP contribution in [0, 0.1) is 13.8 Å². The Hall–Kier alpha value is -1.98. The van der Waals surface area contributed by atoms with E-state index in [0.717, 1.165) is 22.4 Å². The largest absolute Gasteiger partial charge is 0.455 e. The van der Waals surface area contributed by atoms with Crippen LogP contribution in [0.15, 0.2) is 42.5 Å². The van der Waals surface area contributed by atoms with E-state index in [9.17, 15) is 9.59 Å². The van der Waals surface area contributed by atoms with E-state index in [0.29, 0.717) is 10.8 Å². The maximum atomic E-state index is 11.9. The van der Waals surface area contributed by atoms with Crippen LogP contribution < -0.4 is 5.32 Å². The number of nitrogens with one attached hydrogen (secondary N) is 1. The Morgan fingerprint density at radius 2 is 1.88 bits per heavy atom. The van der Waals surface area contributed by atoms with Crippen molar-refractivity contribution in [1.82, 2.24) is 0 Å². The first kappa shape index (κ1) is 19.3. The predicted molar refractivity (Wildman–Crippen MR) is 103 cm³/mol. The van der Waals surface area contributed by atoms with E-state index in [1.54, 1.807) is 0 Å². The third-order valence-corrected chi connectivity index (χ3v) is 5.00. The smallest absolute Gasteiger partial charge is 0.316 e. The number of aryl methyl sites for hydroxylation is 1. The van der Waals surface area contributed by atoms with Crippen molar-refractivity contribution in [2.45, 2.75) is 19.6 Å². The molecule has 0 spiro atoms. The summed E-state index contributed by atoms with van der Waals surface area (Å²) in [6, 6.07) is 13.2. The van der Waals surface area contributed by atoms with E-state index in [-0.39, 0.29) is 18.3 Å². The van der Waals surface area contributed by atoms with Gasteiger partial charge in [-0.25, -0.2) is 0 Å². The van der Waals surface area contributed by atoms with Gasteiger partial charge < -0.3 is 10.1 Å². The third-order valence-electron chi connectivity index (χ3n) is 3.68. The van der Waals surface area contributed by atoms with Gasteiger partial charge in [0.15, 0.2) is 6.61 Å². The highest BCUT2D eigenvalue weighted by Crippen LogP contribution is 2.21. The summed E-state index contributed by atoms with van der Waals surface area (Å²) < 4.78 is 5.01. The number of thioether (sulfide) groups is 1. The normalized spacial score (nSPS) is 10.4. The standard InChI is InChI=1S/C19H20ClNO3S/c1-13-6-5-9-17(14(13)2)21-18(22)10-24-19(23)12-25-11-15-7-3-4-8-16(15)20/h3-9H,10-12H2,1-2H3,(H,21,22). The molecule has 0 bridgehead atoms. The van der Waals surface area contributed by atoms with Crippen molar-refractivity contribution in [2.24, 2.45) is 0 Å². The molecule has 0 heterocycles. The molecule has 0 radical (unpaired) electrons. The molecule has 0 aliphatic carbocycles. The average Bonchev–Trinajstić information content (AvgIpc) is 2.59. The van der Waals surface area contributed by atoms with Crippen LogP contribution in [0.1, 0.15) is 16.7 Å². The maximum absolute atomic E-state index is 11.9. The van der Waals surface area contributed by atoms with Crippen LogP contribution in [0.3, 0.4) is 0 Å². The number of anilines is 1. The fraction of sp³-hybridized carbons (Fsp3) is 0.263. The number of rotatable bonds is 7. The molecule has 2 rings (SSSR count). The van der Waals surface area contributed by atoms with Gasteiger partial charge in [0.25, 0.3) is 5.91 Å². The van der Waals surface area contributed by atoms with Crippen molar-refractivity contribution >= 4 is 40.9 Å². The highest BCUT2D eigenvalue weighted by molar-refractivity contribution is 7.99. The average molecular weight is 378 g/mol. The van der Waals surface area contributed by atoms with Gasteiger partial charge in [0.05, 0.1) is 5.75 Å². The van der Waals surface area contributed by atoms with Gasteiger partial charge in [-0.3, -0.25) is 9.59 Å². The third kappa shape index (κ3) is 6.11. The van der Waals surface area contributed by atoms with Crippen LogP contribution >= 0.6 is 23.4 Å². The monoisotopic (exact) mass is 377 g/mol. The number of benzene rings is 2.